The zero-order chi connectivity index (χ0) is 31.4. The van der Waals surface area contributed by atoms with E-state index in [-0.39, 0.29) is 31.9 Å². The van der Waals surface area contributed by atoms with Crippen molar-refractivity contribution in [1.82, 2.24) is 25.8 Å². The second-order valence-electron chi connectivity index (χ2n) is 10.9. The highest BCUT2D eigenvalue weighted by Crippen LogP contribution is 2.26. The minimum absolute atomic E-state index is 0.100. The van der Waals surface area contributed by atoms with Gasteiger partial charge in [0.05, 0.1) is 6.10 Å². The van der Waals surface area contributed by atoms with Gasteiger partial charge in [-0.25, -0.2) is 4.79 Å². The first-order chi connectivity index (χ1) is 19.9. The molecule has 0 spiro atoms. The van der Waals surface area contributed by atoms with E-state index in [1.54, 1.807) is 0 Å². The number of nitrogens with zero attached hydrogens (tertiary/aromatic N) is 2. The molecule has 0 aromatic carbocycles. The highest BCUT2D eigenvalue weighted by Gasteiger charge is 2.44. The van der Waals surface area contributed by atoms with Crippen molar-refractivity contribution < 1.29 is 34.2 Å². The summed E-state index contributed by atoms with van der Waals surface area (Å²) in [6, 6.07) is -5.09. The first kappa shape index (κ1) is 34.7. The van der Waals surface area contributed by atoms with E-state index in [1.165, 1.54) is 16.7 Å². The van der Waals surface area contributed by atoms with Crippen molar-refractivity contribution in [3.8, 4) is 0 Å². The van der Waals surface area contributed by atoms with Crippen LogP contribution in [0.5, 0.6) is 0 Å². The summed E-state index contributed by atoms with van der Waals surface area (Å²) in [5.74, 6) is -3.56. The summed E-state index contributed by atoms with van der Waals surface area (Å²) in [5.41, 5.74) is 16.6. The van der Waals surface area contributed by atoms with Gasteiger partial charge in [0, 0.05) is 19.6 Å². The first-order valence-electron chi connectivity index (χ1n) is 14.5. The lowest BCUT2D eigenvalue weighted by molar-refractivity contribution is -0.149. The summed E-state index contributed by atoms with van der Waals surface area (Å²) in [4.78, 5) is 67.6. The molecule has 2 fully saturated rings. The largest absolute Gasteiger partial charge is 0.480 e. The molecule has 16 nitrogen and oxygen atoms in total. The maximum absolute atomic E-state index is 13.7. The Bertz CT molecular complexity index is 980. The highest BCUT2D eigenvalue weighted by atomic mass is 16.4. The third-order valence-electron chi connectivity index (χ3n) is 7.64. The minimum atomic E-state index is -1.23. The molecule has 2 aliphatic rings. The molecule has 0 aromatic rings. The summed E-state index contributed by atoms with van der Waals surface area (Å²) in [7, 11) is 0. The van der Waals surface area contributed by atoms with E-state index in [0.717, 1.165) is 0 Å². The maximum Gasteiger partial charge on any atom is 0.326 e. The third-order valence-corrected chi connectivity index (χ3v) is 7.64. The summed E-state index contributed by atoms with van der Waals surface area (Å²) in [6.45, 7) is 2.63. The lowest BCUT2D eigenvalue weighted by Gasteiger charge is -2.33. The van der Waals surface area contributed by atoms with Gasteiger partial charge in [-0.1, -0.05) is 0 Å². The van der Waals surface area contributed by atoms with Crippen molar-refractivity contribution in [2.24, 2.45) is 17.2 Å². The maximum atomic E-state index is 13.7. The van der Waals surface area contributed by atoms with Gasteiger partial charge in [0.2, 0.25) is 23.6 Å². The van der Waals surface area contributed by atoms with Crippen LogP contribution in [-0.4, -0.2) is 118 Å². The minimum Gasteiger partial charge on any atom is -0.480 e. The van der Waals surface area contributed by atoms with Crippen LogP contribution in [0.3, 0.4) is 0 Å². The Balaban J connectivity index is 2.11. The fraction of sp³-hybridized carbons (Fsp3) is 0.769. The van der Waals surface area contributed by atoms with Gasteiger partial charge in [0.25, 0.3) is 0 Å². The highest BCUT2D eigenvalue weighted by molar-refractivity contribution is 5.96. The predicted octanol–water partition coefficient (Wildman–Crippen LogP) is -2.88. The van der Waals surface area contributed by atoms with E-state index < -0.39 is 65.9 Å². The van der Waals surface area contributed by atoms with Crippen molar-refractivity contribution in [2.75, 3.05) is 26.2 Å². The van der Waals surface area contributed by atoms with Gasteiger partial charge in [-0.15, -0.1) is 0 Å². The number of rotatable bonds is 16. The molecule has 0 aromatic heterocycles. The quantitative estimate of drug-likeness (QED) is 0.0495. The molecule has 0 bridgehead atoms. The standard InChI is InChI=1S/C26H47N9O7/c1-15(36)20(28)22(38)32-16(7-2-3-11-27)23(39)35-14-6-10-19(35)24(40)34-13-5-9-18(34)21(37)33-17(25(41)42)8-4-12-31-26(29)30/h15-20,36H,2-14,27-28H2,1H3,(H,32,38)(H,33,37)(H,41,42)(H4,29,30,31)/t15-,16-,17+,18+,19+,20+/m1/s1. The lowest BCUT2D eigenvalue weighted by Crippen LogP contribution is -2.58. The molecule has 2 heterocycles. The molecule has 0 saturated carbocycles. The molecule has 12 N–H and O–H groups in total. The van der Waals surface area contributed by atoms with Gasteiger partial charge in [0.1, 0.15) is 30.2 Å². The molecule has 16 heteroatoms. The number of unbranched alkanes of at least 4 members (excludes halogenated alkanes) is 1. The van der Waals surface area contributed by atoms with Gasteiger partial charge < -0.3 is 53.2 Å². The van der Waals surface area contributed by atoms with Crippen LogP contribution in [0.2, 0.25) is 0 Å². The van der Waals surface area contributed by atoms with Crippen molar-refractivity contribution in [3.63, 3.8) is 0 Å². The molecule has 2 saturated heterocycles. The number of amides is 4. The molecule has 42 heavy (non-hydrogen) atoms. The van der Waals surface area contributed by atoms with Crippen LogP contribution in [0.25, 0.3) is 0 Å². The Hall–Kier alpha value is -3.50. The summed E-state index contributed by atoms with van der Waals surface area (Å²) >= 11 is 0. The Morgan fingerprint density at radius 2 is 1.57 bits per heavy atom. The van der Waals surface area contributed by atoms with Crippen LogP contribution < -0.4 is 33.2 Å². The Labute approximate surface area is 245 Å². The summed E-state index contributed by atoms with van der Waals surface area (Å²) < 4.78 is 0. The number of carboxylic acid groups (broad SMARTS) is 1. The number of carboxylic acids is 1. The smallest absolute Gasteiger partial charge is 0.326 e. The zero-order valence-electron chi connectivity index (χ0n) is 24.2. The molecule has 4 amide bonds. The monoisotopic (exact) mass is 597 g/mol. The molecule has 238 valence electrons. The number of hydrogen-bond acceptors (Lipinski definition) is 9. The van der Waals surface area contributed by atoms with E-state index in [4.69, 9.17) is 22.6 Å². The number of nitrogens with one attached hydrogen (secondary N) is 4. The second-order valence-corrected chi connectivity index (χ2v) is 10.9. The predicted molar refractivity (Wildman–Crippen MR) is 153 cm³/mol. The number of aliphatic hydroxyl groups is 1. The number of likely N-dealkylation sites (tertiary alicyclic amines) is 2. The normalized spacial score (nSPS) is 21.2. The fourth-order valence-corrected chi connectivity index (χ4v) is 5.27. The van der Waals surface area contributed by atoms with E-state index in [9.17, 15) is 34.2 Å². The second kappa shape index (κ2) is 16.8. The molecule has 2 rings (SSSR count). The molecule has 0 radical (unpaired) electrons. The Kier molecular flexibility index (Phi) is 13.9. The number of carbonyl (C=O) groups is 5. The first-order valence-corrected chi connectivity index (χ1v) is 14.5. The van der Waals surface area contributed by atoms with Crippen molar-refractivity contribution in [1.29, 1.82) is 5.41 Å². The van der Waals surface area contributed by atoms with Crippen molar-refractivity contribution in [3.05, 3.63) is 0 Å². The molecule has 6 atom stereocenters. The molecular formula is C26H47N9O7. The van der Waals surface area contributed by atoms with E-state index in [1.807, 2.05) is 0 Å². The van der Waals surface area contributed by atoms with Gasteiger partial charge >= 0.3 is 5.97 Å². The molecule has 0 unspecified atom stereocenters. The molecule has 0 aliphatic carbocycles. The van der Waals surface area contributed by atoms with E-state index in [0.29, 0.717) is 58.0 Å². The van der Waals surface area contributed by atoms with Crippen molar-refractivity contribution >= 4 is 35.6 Å². The van der Waals surface area contributed by atoms with Crippen LogP contribution in [0.15, 0.2) is 0 Å². The van der Waals surface area contributed by atoms with Crippen LogP contribution in [-0.2, 0) is 24.0 Å². The number of aliphatic hydroxyl groups excluding tert-OH is 1. The van der Waals surface area contributed by atoms with Gasteiger partial charge in [-0.05, 0) is 71.3 Å². The number of aliphatic carboxylic acids is 1. The number of carbonyl (C=O) groups excluding carboxylic acids is 4. The van der Waals surface area contributed by atoms with E-state index in [2.05, 4.69) is 16.0 Å². The van der Waals surface area contributed by atoms with Crippen LogP contribution in [0.1, 0.15) is 64.7 Å². The van der Waals surface area contributed by atoms with Crippen molar-refractivity contribution in [2.45, 2.75) is 101 Å². The van der Waals surface area contributed by atoms with Gasteiger partial charge in [-0.2, -0.15) is 0 Å². The lowest BCUT2D eigenvalue weighted by atomic mass is 10.1. The van der Waals surface area contributed by atoms with Crippen LogP contribution >= 0.6 is 0 Å². The Morgan fingerprint density at radius 3 is 2.17 bits per heavy atom. The average molecular weight is 598 g/mol. The molecular weight excluding hydrogens is 550 g/mol. The average Bonchev–Trinajstić information content (AvgIpc) is 3.63. The van der Waals surface area contributed by atoms with E-state index >= 15 is 0 Å². The van der Waals surface area contributed by atoms with Gasteiger partial charge in [-0.3, -0.25) is 24.6 Å². The fourth-order valence-electron chi connectivity index (χ4n) is 5.27. The Morgan fingerprint density at radius 1 is 0.952 bits per heavy atom. The topological polar surface area (TPSA) is 270 Å². The SMILES string of the molecule is C[C@@H](O)[C@H](N)C(=O)N[C@H](CCCCN)C(=O)N1CCC[C@H]1C(=O)N1CCC[C@H]1C(=O)N[C@@H](CCCNC(=N)N)C(=O)O. The zero-order valence-corrected chi connectivity index (χ0v) is 24.2. The number of nitrogens with two attached hydrogens (primary N) is 3. The molecule has 2 aliphatic heterocycles. The van der Waals surface area contributed by atoms with Crippen LogP contribution in [0, 0.1) is 5.41 Å². The van der Waals surface area contributed by atoms with Crippen LogP contribution in [0.4, 0.5) is 0 Å². The van der Waals surface area contributed by atoms with Gasteiger partial charge in [0.15, 0.2) is 5.96 Å². The summed E-state index contributed by atoms with van der Waals surface area (Å²) in [6.07, 6.45) is 2.60. The summed E-state index contributed by atoms with van der Waals surface area (Å²) in [5, 5.41) is 34.2. The number of hydrogen-bond donors (Lipinski definition) is 9. The number of guanidine groups is 1. The third kappa shape index (κ3) is 9.80.